The molecule has 1 aromatic heterocycles. The van der Waals surface area contributed by atoms with Crippen LogP contribution in [0.3, 0.4) is 0 Å². The molecule has 1 heterocycles. The van der Waals surface area contributed by atoms with E-state index in [-0.39, 0.29) is 10.6 Å². The lowest BCUT2D eigenvalue weighted by atomic mass is 10.1. The van der Waals surface area contributed by atoms with E-state index < -0.39 is 0 Å². The number of hydrogen-bond donors (Lipinski definition) is 0. The number of aromatic nitrogens is 2. The summed E-state index contributed by atoms with van der Waals surface area (Å²) in [4.78, 5) is 10.4. The highest BCUT2D eigenvalue weighted by Crippen LogP contribution is 2.24. The van der Waals surface area contributed by atoms with Gasteiger partial charge in [0.1, 0.15) is 11.4 Å². The molecule has 0 amide bonds. The summed E-state index contributed by atoms with van der Waals surface area (Å²) in [6.45, 7) is 5.76. The Hall–Kier alpha value is -1.39. The van der Waals surface area contributed by atoms with Gasteiger partial charge in [-0.25, -0.2) is 0 Å². The minimum atomic E-state index is -0.347. The van der Waals surface area contributed by atoms with Crippen molar-refractivity contribution in [3.63, 3.8) is 0 Å². The summed E-state index contributed by atoms with van der Waals surface area (Å²) in [6, 6.07) is 0. The van der Waals surface area contributed by atoms with E-state index in [1.807, 2.05) is 13.8 Å². The molecule has 5 heteroatoms. The van der Waals surface area contributed by atoms with Crippen molar-refractivity contribution in [3.8, 4) is 0 Å². The molecule has 0 unspecified atom stereocenters. The third-order valence-electron chi connectivity index (χ3n) is 2.16. The number of rotatable bonds is 3. The molecule has 0 aromatic carbocycles. The van der Waals surface area contributed by atoms with Crippen LogP contribution in [0.1, 0.15) is 25.2 Å². The molecule has 0 spiro atoms. The van der Waals surface area contributed by atoms with Crippen molar-refractivity contribution in [3.05, 3.63) is 21.5 Å². The third-order valence-corrected chi connectivity index (χ3v) is 2.16. The van der Waals surface area contributed by atoms with Crippen LogP contribution in [-0.4, -0.2) is 14.7 Å². The van der Waals surface area contributed by atoms with E-state index >= 15 is 0 Å². The largest absolute Gasteiger partial charge is 0.313 e. The van der Waals surface area contributed by atoms with E-state index in [1.54, 1.807) is 18.7 Å². The van der Waals surface area contributed by atoms with Crippen LogP contribution in [0, 0.1) is 23.0 Å². The maximum atomic E-state index is 10.8. The SMILES string of the molecule is Cc1c([N+](=O)[O-])c(CC(C)C)nn1C. The highest BCUT2D eigenvalue weighted by molar-refractivity contribution is 5.40. The monoisotopic (exact) mass is 197 g/mol. The second-order valence-electron chi connectivity index (χ2n) is 3.86. The van der Waals surface area contributed by atoms with E-state index in [0.29, 0.717) is 23.7 Å². The summed E-state index contributed by atoms with van der Waals surface area (Å²) in [5.74, 6) is 0.378. The molecule has 78 valence electrons. The number of hydrogen-bond acceptors (Lipinski definition) is 3. The Morgan fingerprint density at radius 1 is 1.57 bits per heavy atom. The van der Waals surface area contributed by atoms with Crippen molar-refractivity contribution < 1.29 is 4.92 Å². The first-order valence-corrected chi connectivity index (χ1v) is 4.60. The third kappa shape index (κ3) is 1.92. The van der Waals surface area contributed by atoms with Gasteiger partial charge in [0, 0.05) is 13.5 Å². The summed E-state index contributed by atoms with van der Waals surface area (Å²) in [7, 11) is 1.73. The maximum Gasteiger partial charge on any atom is 0.313 e. The Balaban J connectivity index is 3.15. The Morgan fingerprint density at radius 3 is 2.57 bits per heavy atom. The fourth-order valence-corrected chi connectivity index (χ4v) is 1.43. The Labute approximate surface area is 82.9 Å². The summed E-state index contributed by atoms with van der Waals surface area (Å²) < 4.78 is 1.57. The van der Waals surface area contributed by atoms with E-state index in [0.717, 1.165) is 0 Å². The molecule has 0 fully saturated rings. The minimum absolute atomic E-state index is 0.168. The highest BCUT2D eigenvalue weighted by atomic mass is 16.6. The standard InChI is InChI=1S/C9H15N3O2/c1-6(2)5-8-9(12(13)14)7(3)11(4)10-8/h6H,5H2,1-4H3. The summed E-state index contributed by atoms with van der Waals surface area (Å²) in [5, 5.41) is 14.9. The summed E-state index contributed by atoms with van der Waals surface area (Å²) in [6.07, 6.45) is 0.651. The maximum absolute atomic E-state index is 10.8. The van der Waals surface area contributed by atoms with Crippen LogP contribution in [0.15, 0.2) is 0 Å². The fourth-order valence-electron chi connectivity index (χ4n) is 1.43. The van der Waals surface area contributed by atoms with Crippen molar-refractivity contribution >= 4 is 5.69 Å². The van der Waals surface area contributed by atoms with Crippen LogP contribution in [-0.2, 0) is 13.5 Å². The summed E-state index contributed by atoms with van der Waals surface area (Å²) >= 11 is 0. The van der Waals surface area contributed by atoms with Crippen molar-refractivity contribution in [2.24, 2.45) is 13.0 Å². The topological polar surface area (TPSA) is 61.0 Å². The minimum Gasteiger partial charge on any atom is -0.265 e. The van der Waals surface area contributed by atoms with E-state index in [4.69, 9.17) is 0 Å². The van der Waals surface area contributed by atoms with E-state index in [9.17, 15) is 10.1 Å². The molecule has 14 heavy (non-hydrogen) atoms. The lowest BCUT2D eigenvalue weighted by Crippen LogP contribution is -1.99. The zero-order chi connectivity index (χ0) is 10.9. The van der Waals surface area contributed by atoms with Gasteiger partial charge in [-0.2, -0.15) is 5.10 Å². The van der Waals surface area contributed by atoms with Crippen molar-refractivity contribution in [2.45, 2.75) is 27.2 Å². The quantitative estimate of drug-likeness (QED) is 0.548. The normalized spacial score (nSPS) is 10.9. The Bertz CT molecular complexity index is 355. The first-order chi connectivity index (χ1) is 6.43. The van der Waals surface area contributed by atoms with Crippen LogP contribution in [0.2, 0.25) is 0 Å². The number of nitrogens with zero attached hydrogens (tertiary/aromatic N) is 3. The van der Waals surface area contributed by atoms with Crippen LogP contribution in [0.25, 0.3) is 0 Å². The van der Waals surface area contributed by atoms with Gasteiger partial charge in [-0.3, -0.25) is 14.8 Å². The van der Waals surface area contributed by atoms with Gasteiger partial charge in [-0.15, -0.1) is 0 Å². The molecule has 0 aliphatic carbocycles. The molecule has 5 nitrogen and oxygen atoms in total. The number of aryl methyl sites for hydroxylation is 1. The number of nitro groups is 1. The molecule has 1 rings (SSSR count). The van der Waals surface area contributed by atoms with Crippen molar-refractivity contribution in [1.29, 1.82) is 0 Å². The van der Waals surface area contributed by atoms with Gasteiger partial charge in [-0.05, 0) is 12.8 Å². The predicted molar refractivity (Wildman–Crippen MR) is 53.1 cm³/mol. The molecule has 0 radical (unpaired) electrons. The van der Waals surface area contributed by atoms with E-state index in [1.165, 1.54) is 0 Å². The Morgan fingerprint density at radius 2 is 2.14 bits per heavy atom. The first-order valence-electron chi connectivity index (χ1n) is 4.60. The fraction of sp³-hybridized carbons (Fsp3) is 0.667. The molecular formula is C9H15N3O2. The lowest BCUT2D eigenvalue weighted by Gasteiger charge is -1.99. The predicted octanol–water partition coefficient (Wildman–Crippen LogP) is 1.84. The zero-order valence-electron chi connectivity index (χ0n) is 8.94. The molecule has 0 saturated heterocycles. The molecule has 0 aliphatic rings. The van der Waals surface area contributed by atoms with Crippen LogP contribution < -0.4 is 0 Å². The summed E-state index contributed by atoms with van der Waals surface area (Å²) in [5.41, 5.74) is 1.37. The lowest BCUT2D eigenvalue weighted by molar-refractivity contribution is -0.386. The molecule has 0 aliphatic heterocycles. The molecular weight excluding hydrogens is 182 g/mol. The van der Waals surface area contributed by atoms with Gasteiger partial charge >= 0.3 is 5.69 Å². The van der Waals surface area contributed by atoms with Crippen molar-refractivity contribution in [1.82, 2.24) is 9.78 Å². The first kappa shape index (κ1) is 10.7. The molecule has 1 aromatic rings. The molecule has 0 atom stereocenters. The smallest absolute Gasteiger partial charge is 0.265 e. The molecule has 0 N–H and O–H groups in total. The van der Waals surface area contributed by atoms with Gasteiger partial charge in [0.05, 0.1) is 4.92 Å². The van der Waals surface area contributed by atoms with Gasteiger partial charge in [0.15, 0.2) is 0 Å². The van der Waals surface area contributed by atoms with Gasteiger partial charge in [-0.1, -0.05) is 13.8 Å². The van der Waals surface area contributed by atoms with Gasteiger partial charge in [0.2, 0.25) is 0 Å². The van der Waals surface area contributed by atoms with Gasteiger partial charge < -0.3 is 0 Å². The van der Waals surface area contributed by atoms with Crippen LogP contribution in [0.5, 0.6) is 0 Å². The second kappa shape index (κ2) is 3.77. The molecule has 0 saturated carbocycles. The highest BCUT2D eigenvalue weighted by Gasteiger charge is 2.23. The Kier molecular flexibility index (Phi) is 2.88. The van der Waals surface area contributed by atoms with Crippen LogP contribution >= 0.6 is 0 Å². The van der Waals surface area contributed by atoms with Gasteiger partial charge in [0.25, 0.3) is 0 Å². The second-order valence-corrected chi connectivity index (χ2v) is 3.86. The zero-order valence-corrected chi connectivity index (χ0v) is 8.94. The van der Waals surface area contributed by atoms with E-state index in [2.05, 4.69) is 5.10 Å². The van der Waals surface area contributed by atoms with Crippen LogP contribution in [0.4, 0.5) is 5.69 Å². The molecule has 0 bridgehead atoms. The van der Waals surface area contributed by atoms with Crippen molar-refractivity contribution in [2.75, 3.05) is 0 Å². The average Bonchev–Trinajstić information content (AvgIpc) is 2.26. The average molecular weight is 197 g/mol.